The molecule has 0 bridgehead atoms. The summed E-state index contributed by atoms with van der Waals surface area (Å²) < 4.78 is 5.84. The summed E-state index contributed by atoms with van der Waals surface area (Å²) in [6, 6.07) is 25.4. The highest BCUT2D eigenvalue weighted by atomic mass is 16.5. The van der Waals surface area contributed by atoms with Crippen molar-refractivity contribution in [2.45, 2.75) is 0 Å². The zero-order valence-corrected chi connectivity index (χ0v) is 13.1. The SMILES string of the molecule is N#Cc1ccc(N=Nc2ccccc2)c(Oc2ccccc2)c1C#N. The standard InChI is InChI=1S/C20H12N4O/c21-13-15-11-12-19(24-23-16-7-3-1-4-8-16)20(18(15)14-22)25-17-9-5-2-6-10-17/h1-12H. The molecule has 0 heterocycles. The summed E-state index contributed by atoms with van der Waals surface area (Å²) in [5, 5.41) is 27.1. The highest BCUT2D eigenvalue weighted by Gasteiger charge is 2.16. The van der Waals surface area contributed by atoms with E-state index in [9.17, 15) is 10.5 Å². The molecule has 0 saturated carbocycles. The van der Waals surface area contributed by atoms with Crippen LogP contribution in [0.1, 0.15) is 11.1 Å². The van der Waals surface area contributed by atoms with Gasteiger partial charge in [0.25, 0.3) is 0 Å². The van der Waals surface area contributed by atoms with Gasteiger partial charge in [-0.3, -0.25) is 0 Å². The molecule has 0 aliphatic rings. The molecule has 0 aliphatic heterocycles. The highest BCUT2D eigenvalue weighted by Crippen LogP contribution is 2.37. The molecule has 3 aromatic rings. The molecular formula is C20H12N4O. The van der Waals surface area contributed by atoms with E-state index >= 15 is 0 Å². The van der Waals surface area contributed by atoms with Crippen LogP contribution in [0.25, 0.3) is 0 Å². The van der Waals surface area contributed by atoms with Gasteiger partial charge >= 0.3 is 0 Å². The van der Waals surface area contributed by atoms with Crippen molar-refractivity contribution in [1.82, 2.24) is 0 Å². The van der Waals surface area contributed by atoms with Gasteiger partial charge in [0.05, 0.1) is 11.3 Å². The molecule has 25 heavy (non-hydrogen) atoms. The van der Waals surface area contributed by atoms with Gasteiger partial charge in [-0.25, -0.2) is 0 Å². The molecular weight excluding hydrogens is 312 g/mol. The minimum atomic E-state index is 0.135. The fraction of sp³-hybridized carbons (Fsp3) is 0. The van der Waals surface area contributed by atoms with Crippen molar-refractivity contribution in [1.29, 1.82) is 10.5 Å². The summed E-state index contributed by atoms with van der Waals surface area (Å²) in [7, 11) is 0. The van der Waals surface area contributed by atoms with Gasteiger partial charge in [-0.1, -0.05) is 36.4 Å². The van der Waals surface area contributed by atoms with Gasteiger partial charge < -0.3 is 4.74 Å². The second-order valence-corrected chi connectivity index (χ2v) is 5.01. The highest BCUT2D eigenvalue weighted by molar-refractivity contribution is 5.66. The molecule has 5 heteroatoms. The molecule has 0 spiro atoms. The van der Waals surface area contributed by atoms with E-state index in [0.717, 1.165) is 0 Å². The number of benzene rings is 3. The number of nitriles is 2. The van der Waals surface area contributed by atoms with Gasteiger partial charge in [0, 0.05) is 0 Å². The molecule has 0 atom stereocenters. The fourth-order valence-corrected chi connectivity index (χ4v) is 2.17. The lowest BCUT2D eigenvalue weighted by Crippen LogP contribution is -1.92. The first-order valence-corrected chi connectivity index (χ1v) is 7.48. The molecule has 0 fully saturated rings. The lowest BCUT2D eigenvalue weighted by molar-refractivity contribution is 0.482. The summed E-state index contributed by atoms with van der Waals surface area (Å²) in [6.45, 7) is 0. The molecule has 0 unspecified atom stereocenters. The minimum absolute atomic E-state index is 0.135. The molecule has 0 aliphatic carbocycles. The third-order valence-electron chi connectivity index (χ3n) is 3.36. The first kappa shape index (κ1) is 15.9. The molecule has 0 amide bonds. The molecule has 5 nitrogen and oxygen atoms in total. The summed E-state index contributed by atoms with van der Waals surface area (Å²) >= 11 is 0. The zero-order valence-electron chi connectivity index (χ0n) is 13.1. The maximum Gasteiger partial charge on any atom is 0.174 e. The smallest absolute Gasteiger partial charge is 0.174 e. The van der Waals surface area contributed by atoms with Crippen molar-refractivity contribution in [3.63, 3.8) is 0 Å². The summed E-state index contributed by atoms with van der Waals surface area (Å²) in [6.07, 6.45) is 0. The summed E-state index contributed by atoms with van der Waals surface area (Å²) in [4.78, 5) is 0. The topological polar surface area (TPSA) is 81.5 Å². The van der Waals surface area contributed by atoms with Crippen LogP contribution in [0.2, 0.25) is 0 Å². The summed E-state index contributed by atoms with van der Waals surface area (Å²) in [5.74, 6) is 0.762. The minimum Gasteiger partial charge on any atom is -0.454 e. The molecule has 0 radical (unpaired) electrons. The van der Waals surface area contributed by atoms with E-state index in [0.29, 0.717) is 17.1 Å². The van der Waals surface area contributed by atoms with Crippen molar-refractivity contribution in [3.8, 4) is 23.6 Å². The number of nitrogens with zero attached hydrogens (tertiary/aromatic N) is 4. The molecule has 118 valence electrons. The normalized spacial score (nSPS) is 10.2. The quantitative estimate of drug-likeness (QED) is 0.582. The van der Waals surface area contributed by atoms with E-state index in [4.69, 9.17) is 4.74 Å². The second kappa shape index (κ2) is 7.54. The van der Waals surface area contributed by atoms with Crippen molar-refractivity contribution >= 4 is 11.4 Å². The van der Waals surface area contributed by atoms with E-state index in [2.05, 4.69) is 10.2 Å². The van der Waals surface area contributed by atoms with E-state index < -0.39 is 0 Å². The molecule has 0 saturated heterocycles. The molecule has 0 N–H and O–H groups in total. The number of ether oxygens (including phenoxy) is 1. The molecule has 0 aromatic heterocycles. The van der Waals surface area contributed by atoms with Crippen LogP contribution in [0.5, 0.6) is 11.5 Å². The van der Waals surface area contributed by atoms with Crippen LogP contribution < -0.4 is 4.74 Å². The van der Waals surface area contributed by atoms with E-state index in [1.807, 2.05) is 60.7 Å². The largest absolute Gasteiger partial charge is 0.454 e. The monoisotopic (exact) mass is 324 g/mol. The van der Waals surface area contributed by atoms with E-state index in [-0.39, 0.29) is 16.9 Å². The maximum atomic E-state index is 9.46. The molecule has 3 rings (SSSR count). The van der Waals surface area contributed by atoms with Crippen molar-refractivity contribution in [2.24, 2.45) is 10.2 Å². The van der Waals surface area contributed by atoms with Crippen LogP contribution in [0, 0.1) is 22.7 Å². The first-order chi connectivity index (χ1) is 12.3. The first-order valence-electron chi connectivity index (χ1n) is 7.48. The number of azo groups is 1. The Labute approximate surface area is 145 Å². The number of hydrogen-bond donors (Lipinski definition) is 0. The number of hydrogen-bond acceptors (Lipinski definition) is 5. The zero-order chi connectivity index (χ0) is 17.5. The van der Waals surface area contributed by atoms with Crippen LogP contribution >= 0.6 is 0 Å². The van der Waals surface area contributed by atoms with Gasteiger partial charge in [0.2, 0.25) is 0 Å². The summed E-state index contributed by atoms with van der Waals surface area (Å²) in [5.41, 5.74) is 1.42. The van der Waals surface area contributed by atoms with Gasteiger partial charge in [0.15, 0.2) is 5.75 Å². The van der Waals surface area contributed by atoms with Crippen molar-refractivity contribution in [3.05, 3.63) is 83.9 Å². The van der Waals surface area contributed by atoms with Gasteiger partial charge in [0.1, 0.15) is 29.1 Å². The second-order valence-electron chi connectivity index (χ2n) is 5.01. The van der Waals surface area contributed by atoms with Crippen molar-refractivity contribution in [2.75, 3.05) is 0 Å². The predicted molar refractivity (Wildman–Crippen MR) is 93.0 cm³/mol. The van der Waals surface area contributed by atoms with Crippen molar-refractivity contribution < 1.29 is 4.74 Å². The van der Waals surface area contributed by atoms with E-state index in [1.165, 1.54) is 6.07 Å². The van der Waals surface area contributed by atoms with Crippen LogP contribution in [0.3, 0.4) is 0 Å². The molecule has 3 aromatic carbocycles. The lowest BCUT2D eigenvalue weighted by Gasteiger charge is -2.10. The third-order valence-corrected chi connectivity index (χ3v) is 3.36. The van der Waals surface area contributed by atoms with Gasteiger partial charge in [-0.2, -0.15) is 15.6 Å². The third kappa shape index (κ3) is 3.69. The Morgan fingerprint density at radius 3 is 2.04 bits per heavy atom. The Balaban J connectivity index is 2.07. The lowest BCUT2D eigenvalue weighted by atomic mass is 10.1. The Bertz CT molecular complexity index is 984. The Morgan fingerprint density at radius 1 is 0.720 bits per heavy atom. The van der Waals surface area contributed by atoms with Crippen LogP contribution in [0.4, 0.5) is 11.4 Å². The van der Waals surface area contributed by atoms with Crippen LogP contribution in [0.15, 0.2) is 83.0 Å². The average Bonchev–Trinajstić information content (AvgIpc) is 2.68. The fourth-order valence-electron chi connectivity index (χ4n) is 2.17. The average molecular weight is 324 g/mol. The van der Waals surface area contributed by atoms with E-state index in [1.54, 1.807) is 18.2 Å². The van der Waals surface area contributed by atoms with Gasteiger partial charge in [-0.05, 0) is 36.4 Å². The Kier molecular flexibility index (Phi) is 4.80. The number of para-hydroxylation sites is 1. The van der Waals surface area contributed by atoms with Crippen LogP contribution in [-0.2, 0) is 0 Å². The van der Waals surface area contributed by atoms with Gasteiger partial charge in [-0.15, -0.1) is 5.11 Å². The Hall–Kier alpha value is -3.96. The van der Waals surface area contributed by atoms with Crippen LogP contribution in [-0.4, -0.2) is 0 Å². The predicted octanol–water partition coefficient (Wildman–Crippen LogP) is 5.64. The Morgan fingerprint density at radius 2 is 1.40 bits per heavy atom. The maximum absolute atomic E-state index is 9.46. The number of rotatable bonds is 4.